The molecule has 1 aliphatic rings. The predicted octanol–water partition coefficient (Wildman–Crippen LogP) is -0.252. The number of aliphatic hydroxyl groups is 1. The monoisotopic (exact) mass is 124 g/mol. The zero-order valence-electron chi connectivity index (χ0n) is 4.69. The molecule has 0 aliphatic heterocycles. The lowest BCUT2D eigenvalue weighted by Gasteiger charge is -1.95. The fourth-order valence-corrected chi connectivity index (χ4v) is 0.575. The summed E-state index contributed by atoms with van der Waals surface area (Å²) in [5.74, 6) is 0. The summed E-state index contributed by atoms with van der Waals surface area (Å²) < 4.78 is 0. The summed E-state index contributed by atoms with van der Waals surface area (Å²) in [7, 11) is 0. The zero-order valence-corrected chi connectivity index (χ0v) is 4.69. The smallest absolute Gasteiger partial charge is 0.385 e. The fraction of sp³-hybridized carbons (Fsp3) is 0.167. The Bertz CT molecular complexity index is 195. The van der Waals surface area contributed by atoms with Gasteiger partial charge in [-0.05, 0) is 12.2 Å². The molecule has 0 radical (unpaired) electrons. The first-order chi connectivity index (χ1) is 4.33. The van der Waals surface area contributed by atoms with Crippen molar-refractivity contribution < 1.29 is 5.11 Å². The van der Waals surface area contributed by atoms with Crippen LogP contribution < -0.4 is 4.85 Å². The van der Waals surface area contributed by atoms with E-state index in [9.17, 15) is 4.91 Å². The fourth-order valence-electron chi connectivity index (χ4n) is 0.575. The number of hydrogen-bond acceptors (Lipinski definition) is 2. The van der Waals surface area contributed by atoms with E-state index < -0.39 is 6.10 Å². The summed E-state index contributed by atoms with van der Waals surface area (Å²) in [6.45, 7) is 0. The van der Waals surface area contributed by atoms with Crippen LogP contribution in [0.15, 0.2) is 24.3 Å². The lowest BCUT2D eigenvalue weighted by atomic mass is 10.1. The molecule has 0 saturated heterocycles. The third-order valence-corrected chi connectivity index (χ3v) is 1.03. The molecule has 9 heavy (non-hydrogen) atoms. The maximum Gasteiger partial charge on any atom is 0.395 e. The molecule has 0 amide bonds. The Kier molecular flexibility index (Phi) is 1.58. The van der Waals surface area contributed by atoms with Crippen LogP contribution in [0.5, 0.6) is 0 Å². The average Bonchev–Trinajstić information content (AvgIpc) is 1.90. The molecular formula is C6H6NO2+. The van der Waals surface area contributed by atoms with Crippen molar-refractivity contribution in [3.63, 3.8) is 0 Å². The van der Waals surface area contributed by atoms with Crippen LogP contribution in [0.25, 0.3) is 0 Å². The van der Waals surface area contributed by atoms with Gasteiger partial charge in [0.2, 0.25) is 4.85 Å². The summed E-state index contributed by atoms with van der Waals surface area (Å²) in [6, 6.07) is 0. The molecule has 3 nitrogen and oxygen atoms in total. The van der Waals surface area contributed by atoms with Crippen molar-refractivity contribution in [3.8, 4) is 0 Å². The molecule has 0 bridgehead atoms. The maximum atomic E-state index is 9.80. The predicted molar refractivity (Wildman–Crippen MR) is 34.8 cm³/mol. The second-order valence-electron chi connectivity index (χ2n) is 1.72. The number of hydrogen-bond donors (Lipinski definition) is 1. The standard InChI is InChI=1S/C6H6NO2/c8-6-3-1-5(7-9)2-4-6/h1-4,6,8H/q+1. The number of allylic oxidation sites excluding steroid dienone is 2. The molecule has 0 aromatic carbocycles. The van der Waals surface area contributed by atoms with E-state index in [1.807, 2.05) is 0 Å². The Labute approximate surface area is 52.0 Å². The van der Waals surface area contributed by atoms with Crippen LogP contribution in [-0.2, 0) is 0 Å². The topological polar surface area (TPSA) is 51.4 Å². The highest BCUT2D eigenvalue weighted by Gasteiger charge is 2.08. The molecule has 0 unspecified atom stereocenters. The first-order valence-electron chi connectivity index (χ1n) is 2.58. The third kappa shape index (κ3) is 1.35. The van der Waals surface area contributed by atoms with E-state index in [0.29, 0.717) is 5.71 Å². The molecule has 0 spiro atoms. The minimum absolute atomic E-state index is 0.348. The largest absolute Gasteiger partial charge is 0.395 e. The highest BCUT2D eigenvalue weighted by atomic mass is 16.3. The number of nitroso groups, excluding NO2 is 1. The van der Waals surface area contributed by atoms with Crippen LogP contribution in [-0.4, -0.2) is 16.9 Å². The quantitative estimate of drug-likeness (QED) is 0.452. The zero-order chi connectivity index (χ0) is 6.69. The second-order valence-corrected chi connectivity index (χ2v) is 1.72. The third-order valence-electron chi connectivity index (χ3n) is 1.03. The normalized spacial score (nSPS) is 24.1. The summed E-state index contributed by atoms with van der Waals surface area (Å²) >= 11 is 0. The van der Waals surface area contributed by atoms with Crippen LogP contribution in [0, 0.1) is 4.91 Å². The van der Waals surface area contributed by atoms with Gasteiger partial charge in [-0.2, -0.15) is 0 Å². The summed E-state index contributed by atoms with van der Waals surface area (Å²) in [5.41, 5.74) is 0.348. The van der Waals surface area contributed by atoms with Crippen LogP contribution in [0.2, 0.25) is 0 Å². The van der Waals surface area contributed by atoms with E-state index in [1.54, 1.807) is 0 Å². The molecular weight excluding hydrogens is 118 g/mol. The van der Waals surface area contributed by atoms with Crippen LogP contribution in [0.1, 0.15) is 0 Å². The van der Waals surface area contributed by atoms with Crippen LogP contribution >= 0.6 is 0 Å². The van der Waals surface area contributed by atoms with Crippen molar-refractivity contribution >= 4 is 5.71 Å². The van der Waals surface area contributed by atoms with Crippen molar-refractivity contribution in [2.75, 3.05) is 0 Å². The molecule has 0 fully saturated rings. The van der Waals surface area contributed by atoms with Gasteiger partial charge in [0, 0.05) is 12.2 Å². The Morgan fingerprint density at radius 1 is 1.44 bits per heavy atom. The van der Waals surface area contributed by atoms with Crippen molar-refractivity contribution in [1.82, 2.24) is 4.85 Å². The van der Waals surface area contributed by atoms with E-state index in [4.69, 9.17) is 5.11 Å². The van der Waals surface area contributed by atoms with Gasteiger partial charge in [-0.25, -0.2) is 0 Å². The second kappa shape index (κ2) is 2.40. The molecule has 0 atom stereocenters. The number of rotatable bonds is 0. The van der Waals surface area contributed by atoms with Gasteiger partial charge in [0.25, 0.3) is 0 Å². The van der Waals surface area contributed by atoms with Crippen molar-refractivity contribution in [2.24, 2.45) is 0 Å². The molecule has 0 aromatic heterocycles. The molecule has 3 heteroatoms. The van der Waals surface area contributed by atoms with E-state index in [-0.39, 0.29) is 0 Å². The van der Waals surface area contributed by atoms with Crippen LogP contribution in [0.4, 0.5) is 0 Å². The van der Waals surface area contributed by atoms with Crippen molar-refractivity contribution in [2.45, 2.75) is 6.10 Å². The Hall–Kier alpha value is -1.18. The minimum Gasteiger partial charge on any atom is -0.385 e. The minimum atomic E-state index is -0.560. The molecule has 0 heterocycles. The van der Waals surface area contributed by atoms with Gasteiger partial charge in [-0.1, -0.05) is 0 Å². The summed E-state index contributed by atoms with van der Waals surface area (Å²) in [5, 5.41) is 8.79. The molecule has 0 saturated carbocycles. The number of aliphatic hydroxyl groups excluding tert-OH is 1. The van der Waals surface area contributed by atoms with Gasteiger partial charge < -0.3 is 5.11 Å². The van der Waals surface area contributed by atoms with E-state index in [0.717, 1.165) is 0 Å². The SMILES string of the molecule is O=[N+]=C1C=CC(O)C=C1. The Balaban J connectivity index is 2.82. The Morgan fingerprint density at radius 2 is 2.00 bits per heavy atom. The molecule has 1 rings (SSSR count). The van der Waals surface area contributed by atoms with E-state index in [2.05, 4.69) is 4.85 Å². The Morgan fingerprint density at radius 3 is 2.44 bits per heavy atom. The van der Waals surface area contributed by atoms with Crippen molar-refractivity contribution in [3.05, 3.63) is 29.2 Å². The molecule has 0 aromatic rings. The van der Waals surface area contributed by atoms with Gasteiger partial charge >= 0.3 is 5.71 Å². The van der Waals surface area contributed by atoms with E-state index in [1.165, 1.54) is 24.3 Å². The lowest BCUT2D eigenvalue weighted by Crippen LogP contribution is -2.05. The first-order valence-corrected chi connectivity index (χ1v) is 2.58. The van der Waals surface area contributed by atoms with E-state index >= 15 is 0 Å². The lowest BCUT2D eigenvalue weighted by molar-refractivity contribution is 0.271. The van der Waals surface area contributed by atoms with Gasteiger partial charge in [-0.3, -0.25) is 0 Å². The van der Waals surface area contributed by atoms with Gasteiger partial charge in [0.15, 0.2) is 4.91 Å². The number of nitrogens with zero attached hydrogens (tertiary/aromatic N) is 1. The summed E-state index contributed by atoms with van der Waals surface area (Å²) in [4.78, 5) is 12.5. The van der Waals surface area contributed by atoms with Gasteiger partial charge in [0.1, 0.15) is 0 Å². The summed E-state index contributed by atoms with van der Waals surface area (Å²) in [6.07, 6.45) is 5.40. The highest BCUT2D eigenvalue weighted by Crippen LogP contribution is 1.96. The first kappa shape index (κ1) is 5.95. The molecule has 1 N–H and O–H groups in total. The van der Waals surface area contributed by atoms with Crippen LogP contribution in [0.3, 0.4) is 0 Å². The molecule has 1 aliphatic carbocycles. The molecule has 46 valence electrons. The highest BCUT2D eigenvalue weighted by molar-refractivity contribution is 6.03. The van der Waals surface area contributed by atoms with Crippen molar-refractivity contribution in [1.29, 1.82) is 0 Å². The maximum absolute atomic E-state index is 9.80. The average molecular weight is 124 g/mol. The van der Waals surface area contributed by atoms with Gasteiger partial charge in [-0.15, -0.1) is 0 Å². The van der Waals surface area contributed by atoms with Gasteiger partial charge in [0.05, 0.1) is 6.10 Å².